The minimum Gasteiger partial charge on any atom is -0.457 e. The van der Waals surface area contributed by atoms with Crippen LogP contribution in [0.15, 0.2) is 72.4 Å². The van der Waals surface area contributed by atoms with Gasteiger partial charge in [-0.2, -0.15) is 0 Å². The average Bonchev–Trinajstić information content (AvgIpc) is 1.55. The summed E-state index contributed by atoms with van der Waals surface area (Å²) in [5, 5.41) is 43.3. The van der Waals surface area contributed by atoms with Gasteiger partial charge in [0.2, 0.25) is 17.7 Å². The number of hydrogen-bond acceptors (Lipinski definition) is 19. The van der Waals surface area contributed by atoms with Crippen LogP contribution in [-0.4, -0.2) is 214 Å². The third-order valence-electron chi connectivity index (χ3n) is 17.3. The number of cyclic esters (lactones) is 1. The molecule has 9 N–H and O–H groups in total. The number of aliphatic hydroxyl groups excluding tert-OH is 2. The highest BCUT2D eigenvalue weighted by molar-refractivity contribution is 6.12. The molecule has 94 heavy (non-hydrogen) atoms. The van der Waals surface area contributed by atoms with Gasteiger partial charge in [0.1, 0.15) is 30.4 Å². The molecule has 2 saturated heterocycles. The molecule has 0 unspecified atom stereocenters. The number of epoxide rings is 1. The van der Waals surface area contributed by atoms with Crippen LogP contribution in [0.4, 0.5) is 20.1 Å². The second-order valence-corrected chi connectivity index (χ2v) is 25.8. The quantitative estimate of drug-likeness (QED) is 0.00952. The second kappa shape index (κ2) is 36.8. The van der Waals surface area contributed by atoms with Crippen molar-refractivity contribution >= 4 is 65.4 Å². The van der Waals surface area contributed by atoms with E-state index in [2.05, 4.69) is 26.2 Å². The number of amides is 9. The van der Waals surface area contributed by atoms with Crippen LogP contribution < -0.4 is 27.0 Å². The first-order chi connectivity index (χ1) is 44.4. The van der Waals surface area contributed by atoms with Crippen molar-refractivity contribution in [2.45, 2.75) is 199 Å². The van der Waals surface area contributed by atoms with E-state index in [0.29, 0.717) is 75.1 Å². The average molecular weight is 1320 g/mol. The number of ether oxygens (including phenoxy) is 5. The number of nitrogens with two attached hydrogens (primary N) is 1. The van der Waals surface area contributed by atoms with Gasteiger partial charge < -0.3 is 75.8 Å². The summed E-state index contributed by atoms with van der Waals surface area (Å²) in [5.41, 5.74) is 4.14. The number of nitrogens with one attached hydrogen (secondary N) is 4. The van der Waals surface area contributed by atoms with Crippen LogP contribution in [-0.2, 0) is 63.9 Å². The largest absolute Gasteiger partial charge is 0.457 e. The number of hydrogen-bond donors (Lipinski definition) is 8. The summed E-state index contributed by atoms with van der Waals surface area (Å²) in [5.74, 6) is -4.49. The van der Waals surface area contributed by atoms with Gasteiger partial charge in [-0.05, 0) is 101 Å². The van der Waals surface area contributed by atoms with Gasteiger partial charge in [-0.3, -0.25) is 43.4 Å². The second-order valence-electron chi connectivity index (χ2n) is 25.8. The molecule has 2 fully saturated rings. The molecular formula is C67H101N9O18. The molecule has 0 aromatic heterocycles. The molecule has 0 bridgehead atoms. The highest BCUT2D eigenvalue weighted by atomic mass is 16.6. The molecule has 12 atom stereocenters. The Morgan fingerprint density at radius 2 is 1.61 bits per heavy atom. The van der Waals surface area contributed by atoms with Crippen molar-refractivity contribution in [1.82, 2.24) is 35.6 Å². The number of esters is 2. The highest BCUT2D eigenvalue weighted by Crippen LogP contribution is 2.38. The Bertz CT molecular complexity index is 2870. The Morgan fingerprint density at radius 3 is 2.24 bits per heavy atom. The summed E-state index contributed by atoms with van der Waals surface area (Å²) in [6.07, 6.45) is 8.19. The van der Waals surface area contributed by atoms with Crippen LogP contribution in [0.1, 0.15) is 139 Å². The molecule has 1 aromatic rings. The molecule has 1 aromatic carbocycles. The van der Waals surface area contributed by atoms with Crippen molar-refractivity contribution in [3.63, 3.8) is 0 Å². The zero-order valence-electron chi connectivity index (χ0n) is 56.2. The number of nitrogens with zero attached hydrogens (tertiary/aromatic N) is 4. The van der Waals surface area contributed by atoms with Crippen LogP contribution in [0.2, 0.25) is 0 Å². The van der Waals surface area contributed by atoms with Crippen molar-refractivity contribution < 1.29 is 86.9 Å². The monoisotopic (exact) mass is 1320 g/mol. The van der Waals surface area contributed by atoms with Gasteiger partial charge in [0, 0.05) is 109 Å². The highest BCUT2D eigenvalue weighted by Gasteiger charge is 2.47. The van der Waals surface area contributed by atoms with Crippen molar-refractivity contribution in [2.24, 2.45) is 23.5 Å². The molecule has 27 heteroatoms. The van der Waals surface area contributed by atoms with Crippen LogP contribution in [0.5, 0.6) is 0 Å². The molecule has 0 spiro atoms. The molecule has 4 aliphatic heterocycles. The Kier molecular flexibility index (Phi) is 30.1. The maximum Gasteiger partial charge on any atom is 0.410 e. The van der Waals surface area contributed by atoms with Crippen LogP contribution in [0.3, 0.4) is 0 Å². The summed E-state index contributed by atoms with van der Waals surface area (Å²) in [6, 6.07) is 3.74. The number of anilines is 1. The minimum atomic E-state index is -1.45. The number of likely N-dealkylation sites (N-methyl/N-ethyl adjacent to an activating group) is 1. The Balaban J connectivity index is 1.10. The van der Waals surface area contributed by atoms with Gasteiger partial charge in [-0.15, -0.1) is 0 Å². The number of allylic oxidation sites excluding steroid dienone is 2. The van der Waals surface area contributed by atoms with Gasteiger partial charge in [-0.25, -0.2) is 14.4 Å². The summed E-state index contributed by atoms with van der Waals surface area (Å²) in [4.78, 5) is 135. The van der Waals surface area contributed by atoms with E-state index in [1.807, 2.05) is 20.8 Å². The molecular weight excluding hydrogens is 1220 g/mol. The molecule has 522 valence electrons. The number of aliphatic hydroxyl groups is 3. The number of unbranched alkanes of at least 4 members (excludes halogenated alkanes) is 2. The van der Waals surface area contributed by atoms with Crippen molar-refractivity contribution in [2.75, 3.05) is 64.7 Å². The van der Waals surface area contributed by atoms with Crippen LogP contribution >= 0.6 is 0 Å². The van der Waals surface area contributed by atoms with Crippen LogP contribution in [0.25, 0.3) is 0 Å². The molecule has 4 aliphatic rings. The van der Waals surface area contributed by atoms with Gasteiger partial charge in [-0.1, -0.05) is 77.5 Å². The first-order valence-electron chi connectivity index (χ1n) is 32.7. The van der Waals surface area contributed by atoms with Gasteiger partial charge in [0.15, 0.2) is 6.10 Å². The fraction of sp³-hybridized carbons (Fsp3) is 0.642. The van der Waals surface area contributed by atoms with E-state index in [0.717, 1.165) is 4.90 Å². The van der Waals surface area contributed by atoms with E-state index in [-0.39, 0.29) is 113 Å². The van der Waals surface area contributed by atoms with E-state index in [9.17, 15) is 63.3 Å². The maximum absolute atomic E-state index is 14.0. The van der Waals surface area contributed by atoms with Gasteiger partial charge in [0.25, 0.3) is 11.8 Å². The Hall–Kier alpha value is -7.72. The molecule has 0 radical (unpaired) electrons. The van der Waals surface area contributed by atoms with Crippen molar-refractivity contribution in [1.29, 1.82) is 0 Å². The van der Waals surface area contributed by atoms with E-state index in [4.69, 9.17) is 29.4 Å². The predicted octanol–water partition coefficient (Wildman–Crippen LogP) is 4.66. The summed E-state index contributed by atoms with van der Waals surface area (Å²) in [7, 11) is 1.60. The number of carbonyl (C=O) groups is 10. The van der Waals surface area contributed by atoms with Crippen molar-refractivity contribution in [3.05, 3.63) is 77.9 Å². The fourth-order valence-electron chi connectivity index (χ4n) is 11.3. The molecule has 4 heterocycles. The van der Waals surface area contributed by atoms with E-state index < -0.39 is 95.6 Å². The Labute approximate surface area is 551 Å². The minimum absolute atomic E-state index is 0.00585. The molecule has 0 saturated carbocycles. The molecule has 27 nitrogen and oxygen atoms in total. The predicted molar refractivity (Wildman–Crippen MR) is 346 cm³/mol. The first kappa shape index (κ1) is 77.0. The summed E-state index contributed by atoms with van der Waals surface area (Å²) >= 11 is 0. The lowest BCUT2D eigenvalue weighted by atomic mass is 9.88. The van der Waals surface area contributed by atoms with Gasteiger partial charge >= 0.3 is 30.2 Å². The summed E-state index contributed by atoms with van der Waals surface area (Å²) < 4.78 is 29.4. The van der Waals surface area contributed by atoms with E-state index in [1.54, 1.807) is 101 Å². The number of urea groups is 1. The zero-order valence-corrected chi connectivity index (χ0v) is 56.2. The lowest BCUT2D eigenvalue weighted by Gasteiger charge is -2.39. The Morgan fingerprint density at radius 1 is 0.926 bits per heavy atom. The maximum atomic E-state index is 14.0. The lowest BCUT2D eigenvalue weighted by molar-refractivity contribution is -0.168. The number of piperazine rings is 1. The fourth-order valence-corrected chi connectivity index (χ4v) is 11.3. The first-order valence-corrected chi connectivity index (χ1v) is 32.7. The summed E-state index contributed by atoms with van der Waals surface area (Å²) in [6.45, 7) is 17.9. The third-order valence-corrected chi connectivity index (χ3v) is 17.3. The van der Waals surface area contributed by atoms with E-state index >= 15 is 0 Å². The normalized spacial score (nSPS) is 24.3. The SMILES string of the molecule is CC[C@H](O)[C@@H](C)[C@H]1O[C@@H]1C[C@@](C)(O)/C=C/C=C(\C)[C@H]1OC(=O)C[C@H](O)CC[C@@](C)(OC(C)=O)[C@@H](OC(=O)N2CCN(CCN(C)C(=O)OCc3ccc(NC(=O)[C@H](CCCNC(N)=O)NC(=O)[C@@H](NC(=O)CCCCCN4C(=O)C=CC4=O)C(C)C)cc3)CC2)/C=C/[C@@H]1C. The number of carbonyl (C=O) groups excluding carboxylic acids is 10. The van der Waals surface area contributed by atoms with E-state index in [1.165, 1.54) is 24.0 Å². The molecule has 5 rings (SSSR count). The molecule has 0 aliphatic carbocycles. The molecule has 9 amide bonds. The third kappa shape index (κ3) is 25.2. The smallest absolute Gasteiger partial charge is 0.410 e. The number of imide groups is 1. The van der Waals surface area contributed by atoms with Crippen molar-refractivity contribution in [3.8, 4) is 0 Å². The number of primary amides is 1. The standard InChI is InChI=1S/C67H101N9O18/c1-11-51(79)45(6)60-52(91-60)40-66(8,89)29-15-17-43(4)59-44(5)20-25-53(67(9,94-46(7)77)30-28-49(78)39-57(83)93-59)92-65(88)75-37-35-74(36-38-75)34-33-73(10)64(87)90-41-47-21-23-48(24-22-47)70-61(84)50(18-16-31-69-63(68)86)71-62(85)58(42(2)3)72-54(80)19-13-12-14-32-76-55(81)26-27-56(76)82/h15,17,20-27,29,42,44-45,49-53,58-60,78-79,89H,11-14,16,18-19,28,30-41H2,1-10H3,(H,70,84)(H,71,85)(H,72,80)(H3,68,69,86)/b25-20+,29-15+,43-17+/t44-,45+,49+,50-,51-,52+,53-,58-,59+,60+,66-,67+/m0/s1. The number of benzene rings is 1. The number of rotatable bonds is 31. The van der Waals surface area contributed by atoms with Crippen LogP contribution in [0, 0.1) is 17.8 Å². The van der Waals surface area contributed by atoms with Gasteiger partial charge in [0.05, 0.1) is 36.4 Å². The zero-order chi connectivity index (χ0) is 69.5. The lowest BCUT2D eigenvalue weighted by Crippen LogP contribution is -2.54. The topological polar surface area (TPSA) is 368 Å².